The maximum atomic E-state index is 12.5. The highest BCUT2D eigenvalue weighted by molar-refractivity contribution is 9.10. The number of aryl methyl sites for hydroxylation is 1. The molecule has 1 fully saturated rings. The van der Waals surface area contributed by atoms with Gasteiger partial charge in [0.25, 0.3) is 5.91 Å². The van der Waals surface area contributed by atoms with E-state index in [1.807, 2.05) is 29.6 Å². The fraction of sp³-hybridized carbons (Fsp3) is 0.533. The first-order valence-corrected chi connectivity index (χ1v) is 8.46. The second-order valence-electron chi connectivity index (χ2n) is 5.96. The third-order valence-corrected chi connectivity index (χ3v) is 5.37. The van der Waals surface area contributed by atoms with Crippen LogP contribution in [0, 0.1) is 13.8 Å². The molecular formula is C15H21BrN6O. The number of piperazine rings is 1. The van der Waals surface area contributed by atoms with E-state index >= 15 is 0 Å². The van der Waals surface area contributed by atoms with Crippen molar-refractivity contribution in [2.24, 2.45) is 0 Å². The smallest absolute Gasteiger partial charge is 0.274 e. The van der Waals surface area contributed by atoms with Gasteiger partial charge in [0.2, 0.25) is 0 Å². The van der Waals surface area contributed by atoms with Crippen LogP contribution in [0.25, 0.3) is 0 Å². The molecule has 1 aliphatic heterocycles. The highest BCUT2D eigenvalue weighted by atomic mass is 79.9. The molecule has 0 spiro atoms. The molecule has 0 aromatic carbocycles. The van der Waals surface area contributed by atoms with Crippen molar-refractivity contribution in [2.45, 2.75) is 20.5 Å². The number of amides is 1. The van der Waals surface area contributed by atoms with E-state index in [9.17, 15) is 4.79 Å². The van der Waals surface area contributed by atoms with E-state index < -0.39 is 0 Å². The first-order chi connectivity index (χ1) is 11.0. The zero-order valence-electron chi connectivity index (χ0n) is 13.7. The molecule has 8 heteroatoms. The average molecular weight is 381 g/mol. The molecule has 2 aromatic heterocycles. The van der Waals surface area contributed by atoms with Crippen molar-refractivity contribution in [3.8, 4) is 0 Å². The number of halogens is 1. The Labute approximate surface area is 144 Å². The average Bonchev–Trinajstić information content (AvgIpc) is 3.09. The molecule has 0 N–H and O–H groups in total. The van der Waals surface area contributed by atoms with E-state index in [4.69, 9.17) is 0 Å². The van der Waals surface area contributed by atoms with E-state index in [0.29, 0.717) is 12.4 Å². The van der Waals surface area contributed by atoms with Gasteiger partial charge in [0.15, 0.2) is 0 Å². The van der Waals surface area contributed by atoms with Crippen molar-refractivity contribution < 1.29 is 4.79 Å². The lowest BCUT2D eigenvalue weighted by molar-refractivity contribution is 0.0657. The molecule has 7 nitrogen and oxygen atoms in total. The Kier molecular flexibility index (Phi) is 4.54. The summed E-state index contributed by atoms with van der Waals surface area (Å²) in [5.41, 5.74) is 2.49. The molecule has 0 bridgehead atoms. The van der Waals surface area contributed by atoms with Crippen LogP contribution in [0.4, 0.5) is 0 Å². The molecule has 0 atom stereocenters. The number of aromatic nitrogens is 4. The van der Waals surface area contributed by atoms with Gasteiger partial charge in [-0.15, -0.1) is 0 Å². The predicted octanol–water partition coefficient (Wildman–Crippen LogP) is 1.35. The molecule has 3 heterocycles. The lowest BCUT2D eigenvalue weighted by Crippen LogP contribution is -2.47. The summed E-state index contributed by atoms with van der Waals surface area (Å²) in [5.74, 6) is 0.00592. The molecular weight excluding hydrogens is 360 g/mol. The summed E-state index contributed by atoms with van der Waals surface area (Å²) in [7, 11) is 2.07. The maximum absolute atomic E-state index is 12.5. The third kappa shape index (κ3) is 3.32. The molecule has 3 rings (SSSR count). The molecule has 0 saturated carbocycles. The SMILES string of the molecule is Cc1nn(Cn2ccc(C(=O)N3CCN(C)CC3)n2)c(C)c1Br. The molecule has 0 radical (unpaired) electrons. The Balaban J connectivity index is 1.70. The summed E-state index contributed by atoms with van der Waals surface area (Å²) < 4.78 is 4.63. The number of hydrogen-bond acceptors (Lipinski definition) is 4. The largest absolute Gasteiger partial charge is 0.335 e. The first-order valence-electron chi connectivity index (χ1n) is 7.66. The van der Waals surface area contributed by atoms with Gasteiger partial charge in [-0.2, -0.15) is 10.2 Å². The highest BCUT2D eigenvalue weighted by Gasteiger charge is 2.22. The zero-order chi connectivity index (χ0) is 16.6. The zero-order valence-corrected chi connectivity index (χ0v) is 15.2. The summed E-state index contributed by atoms with van der Waals surface area (Å²) in [6.45, 7) is 7.79. The van der Waals surface area contributed by atoms with Gasteiger partial charge in [-0.1, -0.05) is 0 Å². The fourth-order valence-electron chi connectivity index (χ4n) is 2.68. The highest BCUT2D eigenvalue weighted by Crippen LogP contribution is 2.19. The van der Waals surface area contributed by atoms with Gasteiger partial charge in [0.1, 0.15) is 12.4 Å². The number of rotatable bonds is 3. The molecule has 2 aromatic rings. The van der Waals surface area contributed by atoms with Gasteiger partial charge < -0.3 is 9.80 Å². The molecule has 0 unspecified atom stereocenters. The molecule has 1 amide bonds. The lowest BCUT2D eigenvalue weighted by atomic mass is 10.3. The van der Waals surface area contributed by atoms with Crippen molar-refractivity contribution in [3.05, 3.63) is 33.8 Å². The van der Waals surface area contributed by atoms with Crippen molar-refractivity contribution in [3.63, 3.8) is 0 Å². The third-order valence-electron chi connectivity index (χ3n) is 4.22. The van der Waals surface area contributed by atoms with Gasteiger partial charge in [0.05, 0.1) is 15.9 Å². The topological polar surface area (TPSA) is 59.2 Å². The van der Waals surface area contributed by atoms with Crippen LogP contribution in [0.1, 0.15) is 21.9 Å². The monoisotopic (exact) mass is 380 g/mol. The van der Waals surface area contributed by atoms with Crippen molar-refractivity contribution in [2.75, 3.05) is 33.2 Å². The summed E-state index contributed by atoms with van der Waals surface area (Å²) in [5, 5.41) is 8.88. The maximum Gasteiger partial charge on any atom is 0.274 e. The lowest BCUT2D eigenvalue weighted by Gasteiger charge is -2.31. The van der Waals surface area contributed by atoms with Crippen molar-refractivity contribution >= 4 is 21.8 Å². The Bertz CT molecular complexity index is 714. The second kappa shape index (κ2) is 6.45. The minimum atomic E-state index is 0.00592. The van der Waals surface area contributed by atoms with Crippen LogP contribution in [0.15, 0.2) is 16.7 Å². The Morgan fingerprint density at radius 2 is 1.91 bits per heavy atom. The summed E-state index contributed by atoms with van der Waals surface area (Å²) in [6.07, 6.45) is 1.83. The Morgan fingerprint density at radius 1 is 1.22 bits per heavy atom. The number of carbonyl (C=O) groups excluding carboxylic acids is 1. The van der Waals surface area contributed by atoms with Crippen LogP contribution in [-0.4, -0.2) is 68.5 Å². The quantitative estimate of drug-likeness (QED) is 0.806. The van der Waals surface area contributed by atoms with Gasteiger partial charge in [-0.25, -0.2) is 4.68 Å². The van der Waals surface area contributed by atoms with E-state index in [0.717, 1.165) is 42.0 Å². The predicted molar refractivity (Wildman–Crippen MR) is 90.4 cm³/mol. The number of hydrogen-bond donors (Lipinski definition) is 0. The fourth-order valence-corrected chi connectivity index (χ4v) is 2.96. The van der Waals surface area contributed by atoms with Crippen molar-refractivity contribution in [1.82, 2.24) is 29.4 Å². The van der Waals surface area contributed by atoms with Crippen LogP contribution in [0.3, 0.4) is 0 Å². The first kappa shape index (κ1) is 16.2. The normalized spacial score (nSPS) is 16.1. The molecule has 124 valence electrons. The Morgan fingerprint density at radius 3 is 2.52 bits per heavy atom. The van der Waals surface area contributed by atoms with E-state index in [1.54, 1.807) is 10.7 Å². The van der Waals surface area contributed by atoms with Gasteiger partial charge >= 0.3 is 0 Å². The molecule has 23 heavy (non-hydrogen) atoms. The molecule has 0 aliphatic carbocycles. The Hall–Kier alpha value is -1.67. The van der Waals surface area contributed by atoms with Crippen LogP contribution < -0.4 is 0 Å². The summed E-state index contributed by atoms with van der Waals surface area (Å²) >= 11 is 3.52. The molecule has 1 saturated heterocycles. The van der Waals surface area contributed by atoms with Crippen molar-refractivity contribution in [1.29, 1.82) is 0 Å². The minimum Gasteiger partial charge on any atom is -0.335 e. The van der Waals surface area contributed by atoms with Gasteiger partial charge in [-0.05, 0) is 42.9 Å². The second-order valence-corrected chi connectivity index (χ2v) is 6.75. The number of carbonyl (C=O) groups is 1. The minimum absolute atomic E-state index is 0.00592. The van der Waals surface area contributed by atoms with Gasteiger partial charge in [-0.3, -0.25) is 9.48 Å². The molecule has 1 aliphatic rings. The van der Waals surface area contributed by atoms with E-state index in [-0.39, 0.29) is 5.91 Å². The van der Waals surface area contributed by atoms with Crippen LogP contribution in [0.5, 0.6) is 0 Å². The van der Waals surface area contributed by atoms with Gasteiger partial charge in [0, 0.05) is 32.4 Å². The van der Waals surface area contributed by atoms with Crippen LogP contribution in [-0.2, 0) is 6.67 Å². The van der Waals surface area contributed by atoms with E-state index in [2.05, 4.69) is 38.1 Å². The summed E-state index contributed by atoms with van der Waals surface area (Å²) in [6, 6.07) is 1.78. The number of likely N-dealkylation sites (N-methyl/N-ethyl adjacent to an activating group) is 1. The van der Waals surface area contributed by atoms with Crippen LogP contribution in [0.2, 0.25) is 0 Å². The number of nitrogens with zero attached hydrogens (tertiary/aromatic N) is 6. The van der Waals surface area contributed by atoms with E-state index in [1.165, 1.54) is 0 Å². The standard InChI is InChI=1S/C15H21BrN6O/c1-11-14(16)12(2)22(17-11)10-21-5-4-13(18-21)15(23)20-8-6-19(3)7-9-20/h4-5H,6-10H2,1-3H3. The van der Waals surface area contributed by atoms with Crippen LogP contribution >= 0.6 is 15.9 Å². The summed E-state index contributed by atoms with van der Waals surface area (Å²) in [4.78, 5) is 16.6.